The quantitative estimate of drug-likeness (QED) is 0.354. The number of likely N-dealkylation sites (N-methyl/N-ethyl adjacent to an activating group) is 1. The minimum atomic E-state index is -3.56. The van der Waals surface area contributed by atoms with Gasteiger partial charge < -0.3 is 9.64 Å². The Bertz CT molecular complexity index is 1210. The molecule has 0 fully saturated rings. The van der Waals surface area contributed by atoms with Gasteiger partial charge in [0.05, 0.1) is 27.5 Å². The maximum atomic E-state index is 13.8. The largest absolute Gasteiger partial charge is 0.492 e. The number of rotatable bonds is 11. The van der Waals surface area contributed by atoms with Gasteiger partial charge in [-0.3, -0.25) is 9.69 Å². The van der Waals surface area contributed by atoms with Gasteiger partial charge in [-0.15, -0.1) is 12.4 Å². The lowest BCUT2D eigenvalue weighted by Gasteiger charge is -2.25. The van der Waals surface area contributed by atoms with Crippen molar-refractivity contribution in [1.29, 1.82) is 0 Å². The summed E-state index contributed by atoms with van der Waals surface area (Å²) in [4.78, 5) is 22.4. The van der Waals surface area contributed by atoms with Crippen molar-refractivity contribution in [2.24, 2.45) is 0 Å². The molecule has 1 amide bonds. The van der Waals surface area contributed by atoms with Gasteiger partial charge in [-0.2, -0.15) is 0 Å². The third kappa shape index (κ3) is 6.07. The molecule has 2 aromatic carbocycles. The van der Waals surface area contributed by atoms with E-state index < -0.39 is 9.84 Å². The van der Waals surface area contributed by atoms with Crippen LogP contribution in [-0.2, 0) is 9.84 Å². The maximum absolute atomic E-state index is 13.8. The number of ether oxygens (including phenoxy) is 1. The molecule has 10 heteroatoms. The molecule has 0 N–H and O–H groups in total. The molecule has 0 saturated carbocycles. The van der Waals surface area contributed by atoms with Crippen molar-refractivity contribution >= 4 is 54.8 Å². The Hall–Kier alpha value is -2.20. The molecule has 3 rings (SSSR count). The lowest BCUT2D eigenvalue weighted by Crippen LogP contribution is -2.39. The molecule has 186 valence electrons. The normalized spacial score (nSPS) is 11.4. The Morgan fingerprint density at radius 2 is 1.71 bits per heavy atom. The van der Waals surface area contributed by atoms with Crippen LogP contribution in [0.4, 0.5) is 5.13 Å². The van der Waals surface area contributed by atoms with Crippen LogP contribution in [0.2, 0.25) is 0 Å². The Kier molecular flexibility index (Phi) is 10.3. The van der Waals surface area contributed by atoms with E-state index in [9.17, 15) is 13.2 Å². The zero-order chi connectivity index (χ0) is 24.0. The summed E-state index contributed by atoms with van der Waals surface area (Å²) < 4.78 is 32.0. The zero-order valence-corrected chi connectivity index (χ0v) is 22.4. The van der Waals surface area contributed by atoms with Crippen molar-refractivity contribution in [3.05, 3.63) is 48.0 Å². The van der Waals surface area contributed by atoms with Crippen LogP contribution < -0.4 is 9.64 Å². The molecule has 1 aromatic heterocycles. The molecule has 7 nitrogen and oxygen atoms in total. The second-order valence-electron chi connectivity index (χ2n) is 7.42. The van der Waals surface area contributed by atoms with Gasteiger partial charge >= 0.3 is 0 Å². The fourth-order valence-electron chi connectivity index (χ4n) is 3.58. The van der Waals surface area contributed by atoms with Crippen molar-refractivity contribution < 1.29 is 17.9 Å². The van der Waals surface area contributed by atoms with Crippen molar-refractivity contribution in [2.75, 3.05) is 43.4 Å². The summed E-state index contributed by atoms with van der Waals surface area (Å²) in [6.07, 6.45) is 0. The number of amides is 1. The zero-order valence-electron chi connectivity index (χ0n) is 20.0. The summed E-state index contributed by atoms with van der Waals surface area (Å²) in [6, 6.07) is 12.1. The first-order valence-corrected chi connectivity index (χ1v) is 13.7. The van der Waals surface area contributed by atoms with E-state index >= 15 is 0 Å². The van der Waals surface area contributed by atoms with E-state index in [0.717, 1.165) is 17.8 Å². The second kappa shape index (κ2) is 12.5. The second-order valence-corrected chi connectivity index (χ2v) is 10.7. The van der Waals surface area contributed by atoms with E-state index in [1.807, 2.05) is 25.1 Å². The number of anilines is 1. The van der Waals surface area contributed by atoms with Crippen LogP contribution in [0, 0.1) is 0 Å². The van der Waals surface area contributed by atoms with Crippen LogP contribution in [0.15, 0.2) is 47.4 Å². The number of para-hydroxylation sites is 1. The summed E-state index contributed by atoms with van der Waals surface area (Å²) in [5.74, 6) is 0.227. The highest BCUT2D eigenvalue weighted by Gasteiger charge is 2.27. The molecule has 0 unspecified atom stereocenters. The number of aromatic nitrogens is 1. The molecule has 0 aliphatic rings. The molecule has 0 saturated heterocycles. The summed E-state index contributed by atoms with van der Waals surface area (Å²) in [6.45, 7) is 10.9. The highest BCUT2D eigenvalue weighted by molar-refractivity contribution is 7.91. The van der Waals surface area contributed by atoms with Crippen molar-refractivity contribution in [3.63, 3.8) is 0 Å². The number of carbonyl (C=O) groups excluding carboxylic acids is 1. The average Bonchev–Trinajstić information content (AvgIpc) is 3.26. The number of thiazole rings is 1. The maximum Gasteiger partial charge on any atom is 0.261 e. The van der Waals surface area contributed by atoms with Gasteiger partial charge in [-0.25, -0.2) is 13.4 Å². The van der Waals surface area contributed by atoms with E-state index in [1.54, 1.807) is 30.0 Å². The first-order valence-electron chi connectivity index (χ1n) is 11.2. The van der Waals surface area contributed by atoms with Gasteiger partial charge in [0.25, 0.3) is 5.91 Å². The Morgan fingerprint density at radius 3 is 2.35 bits per heavy atom. The predicted octanol–water partition coefficient (Wildman–Crippen LogP) is 4.90. The number of nitrogens with zero attached hydrogens (tertiary/aromatic N) is 3. The molecule has 3 aromatic rings. The number of hydrogen-bond donors (Lipinski definition) is 0. The molecule has 0 aliphatic heterocycles. The number of carbonyl (C=O) groups is 1. The van der Waals surface area contributed by atoms with Gasteiger partial charge in [0.2, 0.25) is 0 Å². The summed E-state index contributed by atoms with van der Waals surface area (Å²) in [5, 5.41) is 0.526. The van der Waals surface area contributed by atoms with Gasteiger partial charge in [0, 0.05) is 13.1 Å². The predicted molar refractivity (Wildman–Crippen MR) is 142 cm³/mol. The fraction of sp³-hybridized carbons (Fsp3) is 0.417. The minimum absolute atomic E-state index is 0. The number of sulfone groups is 1. The number of hydrogen-bond acceptors (Lipinski definition) is 7. The summed E-state index contributed by atoms with van der Waals surface area (Å²) >= 11 is 1.40. The number of halogens is 1. The van der Waals surface area contributed by atoms with Crippen LogP contribution in [-0.4, -0.2) is 62.7 Å². The lowest BCUT2D eigenvalue weighted by atomic mass is 10.2. The molecular weight excluding hydrogens is 494 g/mol. The smallest absolute Gasteiger partial charge is 0.261 e. The standard InChI is InChI=1S/C24H31N3O4S2.ClH/c1-5-26(6-2)16-17-27(23(28)18-12-9-10-15-21(18)33(29,30)8-4)24-25-22-19(31-7-3)13-11-14-20(22)32-24;/h9-15H,5-8,16-17H2,1-4H3;1H. The summed E-state index contributed by atoms with van der Waals surface area (Å²) in [7, 11) is -3.56. The molecule has 0 bridgehead atoms. The molecular formula is C24H32ClN3O4S2. The van der Waals surface area contributed by atoms with Crippen molar-refractivity contribution in [2.45, 2.75) is 32.6 Å². The van der Waals surface area contributed by atoms with Crippen LogP contribution in [0.3, 0.4) is 0 Å². The Labute approximate surface area is 212 Å². The third-order valence-corrected chi connectivity index (χ3v) is 8.34. The average molecular weight is 526 g/mol. The van der Waals surface area contributed by atoms with Gasteiger partial charge in [-0.05, 0) is 44.3 Å². The topological polar surface area (TPSA) is 79.8 Å². The number of benzene rings is 2. The SMILES string of the molecule is CCOc1cccc2sc(N(CCN(CC)CC)C(=O)c3ccccc3S(=O)(=O)CC)nc12.Cl. The Balaban J connectivity index is 0.00000408. The van der Waals surface area contributed by atoms with Crippen LogP contribution in [0.5, 0.6) is 5.75 Å². The third-order valence-electron chi connectivity index (χ3n) is 5.51. The fourth-order valence-corrected chi connectivity index (χ4v) is 5.67. The number of fused-ring (bicyclic) bond motifs is 1. The van der Waals surface area contributed by atoms with Crippen molar-refractivity contribution in [3.8, 4) is 5.75 Å². The molecule has 0 atom stereocenters. The highest BCUT2D eigenvalue weighted by atomic mass is 35.5. The van der Waals surface area contributed by atoms with E-state index in [2.05, 4.69) is 18.7 Å². The van der Waals surface area contributed by atoms with Crippen molar-refractivity contribution in [1.82, 2.24) is 9.88 Å². The Morgan fingerprint density at radius 1 is 1.00 bits per heavy atom. The van der Waals surface area contributed by atoms with Gasteiger partial charge in [-0.1, -0.05) is 50.3 Å². The minimum Gasteiger partial charge on any atom is -0.492 e. The van der Waals surface area contributed by atoms with E-state index in [4.69, 9.17) is 9.72 Å². The first-order chi connectivity index (χ1) is 15.9. The monoisotopic (exact) mass is 525 g/mol. The van der Waals surface area contributed by atoms with Crippen LogP contribution in [0.1, 0.15) is 38.1 Å². The molecule has 1 heterocycles. The lowest BCUT2D eigenvalue weighted by molar-refractivity contribution is 0.0980. The van der Waals surface area contributed by atoms with Crippen LogP contribution >= 0.6 is 23.7 Å². The molecule has 0 aliphatic carbocycles. The molecule has 34 heavy (non-hydrogen) atoms. The highest BCUT2D eigenvalue weighted by Crippen LogP contribution is 2.35. The first kappa shape index (κ1) is 28.0. The van der Waals surface area contributed by atoms with Gasteiger partial charge in [0.15, 0.2) is 15.0 Å². The molecule has 0 radical (unpaired) electrons. The van der Waals surface area contributed by atoms with E-state index in [-0.39, 0.29) is 34.5 Å². The van der Waals surface area contributed by atoms with Gasteiger partial charge in [0.1, 0.15) is 11.3 Å². The van der Waals surface area contributed by atoms with E-state index in [0.29, 0.717) is 36.1 Å². The van der Waals surface area contributed by atoms with E-state index in [1.165, 1.54) is 17.4 Å². The summed E-state index contributed by atoms with van der Waals surface area (Å²) in [5.41, 5.74) is 0.873. The molecule has 0 spiro atoms. The van der Waals surface area contributed by atoms with Crippen LogP contribution in [0.25, 0.3) is 10.2 Å².